The van der Waals surface area contributed by atoms with Crippen LogP contribution < -0.4 is 5.73 Å². The van der Waals surface area contributed by atoms with Crippen LogP contribution in [0.25, 0.3) is 0 Å². The minimum absolute atomic E-state index is 0.801. The summed E-state index contributed by atoms with van der Waals surface area (Å²) in [6.07, 6.45) is 3.96. The highest BCUT2D eigenvalue weighted by Crippen LogP contribution is 2.03. The smallest absolute Gasteiger partial charge is 0.0110 e. The summed E-state index contributed by atoms with van der Waals surface area (Å²) in [7, 11) is 0. The first-order valence-corrected chi connectivity index (χ1v) is 6.01. The summed E-state index contributed by atoms with van der Waals surface area (Å²) < 4.78 is 0. The quantitative estimate of drug-likeness (QED) is 0.709. The van der Waals surface area contributed by atoms with Gasteiger partial charge in [0.15, 0.2) is 0 Å². The molecule has 0 radical (unpaired) electrons. The van der Waals surface area contributed by atoms with E-state index in [4.69, 9.17) is 5.73 Å². The van der Waals surface area contributed by atoms with Crippen LogP contribution in [0.15, 0.2) is 0 Å². The summed E-state index contributed by atoms with van der Waals surface area (Å²) in [5, 5.41) is 0. The van der Waals surface area contributed by atoms with Gasteiger partial charge in [0.1, 0.15) is 0 Å². The molecule has 0 atom stereocenters. The lowest BCUT2D eigenvalue weighted by molar-refractivity contribution is 0.257. The largest absolute Gasteiger partial charge is 0.329 e. The van der Waals surface area contributed by atoms with Crippen molar-refractivity contribution in [3.05, 3.63) is 0 Å². The van der Waals surface area contributed by atoms with Crippen LogP contribution in [0.5, 0.6) is 0 Å². The highest BCUT2D eigenvalue weighted by molar-refractivity contribution is 4.69. The molecule has 0 aliphatic carbocycles. The Balaban J connectivity index is 2.19. The van der Waals surface area contributed by atoms with Crippen molar-refractivity contribution in [2.45, 2.75) is 26.2 Å². The first-order chi connectivity index (χ1) is 6.86. The van der Waals surface area contributed by atoms with Crippen molar-refractivity contribution in [1.82, 2.24) is 9.80 Å². The second-order valence-electron chi connectivity index (χ2n) is 4.18. The normalized spacial score (nSPS) is 21.0. The molecule has 0 spiro atoms. The lowest BCUT2D eigenvalue weighted by Crippen LogP contribution is -2.34. The van der Waals surface area contributed by atoms with Crippen molar-refractivity contribution in [1.29, 1.82) is 0 Å². The van der Waals surface area contributed by atoms with Crippen LogP contribution in [-0.4, -0.2) is 55.6 Å². The minimum atomic E-state index is 0.801. The molecular formula is C11H25N3. The van der Waals surface area contributed by atoms with Crippen molar-refractivity contribution < 1.29 is 0 Å². The van der Waals surface area contributed by atoms with Crippen molar-refractivity contribution in [2.24, 2.45) is 5.73 Å². The predicted molar refractivity (Wildman–Crippen MR) is 61.5 cm³/mol. The molecule has 1 rings (SSSR count). The Morgan fingerprint density at radius 3 is 2.21 bits per heavy atom. The zero-order valence-electron chi connectivity index (χ0n) is 9.54. The van der Waals surface area contributed by atoms with Gasteiger partial charge in [-0.25, -0.2) is 0 Å². The first kappa shape index (κ1) is 12.0. The topological polar surface area (TPSA) is 32.5 Å². The lowest BCUT2D eigenvalue weighted by atomic mass is 10.3. The van der Waals surface area contributed by atoms with Crippen LogP contribution in [0.3, 0.4) is 0 Å². The Bertz CT molecular complexity index is 138. The molecule has 0 saturated carbocycles. The molecule has 0 amide bonds. The predicted octanol–water partition coefficient (Wildman–Crippen LogP) is 0.753. The standard InChI is InChI=1S/C11H25N3/c1-2-3-6-13-7-4-8-14(9-5-12)11-10-13/h2-12H2,1H3. The lowest BCUT2D eigenvalue weighted by Gasteiger charge is -2.20. The van der Waals surface area contributed by atoms with Gasteiger partial charge in [0.2, 0.25) is 0 Å². The fraction of sp³-hybridized carbons (Fsp3) is 1.00. The maximum absolute atomic E-state index is 5.57. The van der Waals surface area contributed by atoms with Gasteiger partial charge in [-0.15, -0.1) is 0 Å². The van der Waals surface area contributed by atoms with Crippen LogP contribution >= 0.6 is 0 Å². The summed E-state index contributed by atoms with van der Waals surface area (Å²) in [4.78, 5) is 5.09. The van der Waals surface area contributed by atoms with Gasteiger partial charge in [-0.3, -0.25) is 0 Å². The molecule has 1 fully saturated rings. The fourth-order valence-electron chi connectivity index (χ4n) is 2.04. The van der Waals surface area contributed by atoms with E-state index in [1.165, 1.54) is 52.0 Å². The summed E-state index contributed by atoms with van der Waals surface area (Å²) in [5.74, 6) is 0. The Hall–Kier alpha value is -0.120. The van der Waals surface area contributed by atoms with Crippen molar-refractivity contribution in [3.63, 3.8) is 0 Å². The molecule has 1 aliphatic rings. The van der Waals surface area contributed by atoms with E-state index in [1.54, 1.807) is 0 Å². The Labute approximate surface area is 88.2 Å². The Morgan fingerprint density at radius 1 is 1.00 bits per heavy atom. The molecule has 2 N–H and O–H groups in total. The number of unbranched alkanes of at least 4 members (excludes halogenated alkanes) is 1. The molecule has 0 bridgehead atoms. The van der Waals surface area contributed by atoms with E-state index in [-0.39, 0.29) is 0 Å². The molecule has 0 aromatic rings. The van der Waals surface area contributed by atoms with E-state index in [9.17, 15) is 0 Å². The molecule has 1 aliphatic heterocycles. The van der Waals surface area contributed by atoms with Crippen LogP contribution in [0, 0.1) is 0 Å². The van der Waals surface area contributed by atoms with Gasteiger partial charge < -0.3 is 15.5 Å². The van der Waals surface area contributed by atoms with Crippen LogP contribution in [0.1, 0.15) is 26.2 Å². The fourth-order valence-corrected chi connectivity index (χ4v) is 2.04. The third-order valence-corrected chi connectivity index (χ3v) is 2.95. The molecule has 3 heteroatoms. The van der Waals surface area contributed by atoms with E-state index in [0.29, 0.717) is 0 Å². The highest BCUT2D eigenvalue weighted by Gasteiger charge is 2.12. The Kier molecular flexibility index (Phi) is 6.15. The summed E-state index contributed by atoms with van der Waals surface area (Å²) in [5.41, 5.74) is 5.57. The SMILES string of the molecule is CCCCN1CCCN(CCN)CC1. The molecule has 0 aromatic carbocycles. The molecule has 0 aromatic heterocycles. The third kappa shape index (κ3) is 4.40. The molecule has 84 valence electrons. The van der Waals surface area contributed by atoms with Crippen LogP contribution in [-0.2, 0) is 0 Å². The van der Waals surface area contributed by atoms with Gasteiger partial charge in [-0.2, -0.15) is 0 Å². The second kappa shape index (κ2) is 7.21. The summed E-state index contributed by atoms with van der Waals surface area (Å²) in [6.45, 7) is 10.4. The van der Waals surface area contributed by atoms with Gasteiger partial charge in [0.25, 0.3) is 0 Å². The van der Waals surface area contributed by atoms with Gasteiger partial charge >= 0.3 is 0 Å². The highest BCUT2D eigenvalue weighted by atomic mass is 15.2. The molecule has 1 saturated heterocycles. The molecule has 0 unspecified atom stereocenters. The maximum atomic E-state index is 5.57. The zero-order chi connectivity index (χ0) is 10.2. The monoisotopic (exact) mass is 199 g/mol. The van der Waals surface area contributed by atoms with Crippen molar-refractivity contribution >= 4 is 0 Å². The Morgan fingerprint density at radius 2 is 1.64 bits per heavy atom. The van der Waals surface area contributed by atoms with Crippen molar-refractivity contribution in [2.75, 3.05) is 45.8 Å². The maximum Gasteiger partial charge on any atom is 0.0110 e. The zero-order valence-corrected chi connectivity index (χ0v) is 9.54. The van der Waals surface area contributed by atoms with Crippen LogP contribution in [0.4, 0.5) is 0 Å². The van der Waals surface area contributed by atoms with E-state index >= 15 is 0 Å². The number of hydrogen-bond acceptors (Lipinski definition) is 3. The number of nitrogens with two attached hydrogens (primary N) is 1. The van der Waals surface area contributed by atoms with E-state index in [2.05, 4.69) is 16.7 Å². The average Bonchev–Trinajstić information content (AvgIpc) is 2.41. The van der Waals surface area contributed by atoms with Gasteiger partial charge in [-0.05, 0) is 32.5 Å². The van der Waals surface area contributed by atoms with E-state index < -0.39 is 0 Å². The summed E-state index contributed by atoms with van der Waals surface area (Å²) >= 11 is 0. The molecule has 3 nitrogen and oxygen atoms in total. The number of rotatable bonds is 5. The summed E-state index contributed by atoms with van der Waals surface area (Å²) in [6, 6.07) is 0. The average molecular weight is 199 g/mol. The molecule has 14 heavy (non-hydrogen) atoms. The van der Waals surface area contributed by atoms with Crippen LogP contribution in [0.2, 0.25) is 0 Å². The van der Waals surface area contributed by atoms with Gasteiger partial charge in [0.05, 0.1) is 0 Å². The van der Waals surface area contributed by atoms with Crippen molar-refractivity contribution in [3.8, 4) is 0 Å². The van der Waals surface area contributed by atoms with Gasteiger partial charge in [-0.1, -0.05) is 13.3 Å². The van der Waals surface area contributed by atoms with E-state index in [1.807, 2.05) is 0 Å². The van der Waals surface area contributed by atoms with Gasteiger partial charge in [0, 0.05) is 26.2 Å². The molecule has 1 heterocycles. The minimum Gasteiger partial charge on any atom is -0.329 e. The number of nitrogens with zero attached hydrogens (tertiary/aromatic N) is 2. The second-order valence-corrected chi connectivity index (χ2v) is 4.18. The first-order valence-electron chi connectivity index (χ1n) is 6.01. The van der Waals surface area contributed by atoms with E-state index in [0.717, 1.165) is 13.1 Å². The number of hydrogen-bond donors (Lipinski definition) is 1. The third-order valence-electron chi connectivity index (χ3n) is 2.95. The molecular weight excluding hydrogens is 174 g/mol.